The van der Waals surface area contributed by atoms with E-state index in [2.05, 4.69) is 20.6 Å². The molecule has 3 rings (SSSR count). The van der Waals surface area contributed by atoms with Crippen molar-refractivity contribution in [1.29, 1.82) is 0 Å². The van der Waals surface area contributed by atoms with Crippen LogP contribution in [0.5, 0.6) is 34.5 Å². The first-order chi connectivity index (χ1) is 20.5. The van der Waals surface area contributed by atoms with E-state index in [-0.39, 0.29) is 49.1 Å². The van der Waals surface area contributed by atoms with Crippen molar-refractivity contribution in [3.63, 3.8) is 0 Å². The van der Waals surface area contributed by atoms with E-state index in [9.17, 15) is 20.4 Å². The smallest absolute Gasteiger partial charge is 0.167 e. The van der Waals surface area contributed by atoms with Crippen molar-refractivity contribution in [2.45, 2.75) is 0 Å². The topological polar surface area (TPSA) is 186 Å². The monoisotopic (exact) mass is 582 g/mol. The summed E-state index contributed by atoms with van der Waals surface area (Å²) in [5.74, 6) is -0.330. The Morgan fingerprint density at radius 3 is 1.10 bits per heavy atom. The number of methoxy groups -OCH3 is 2. The second-order valence-corrected chi connectivity index (χ2v) is 8.01. The molecule has 0 fully saturated rings. The third-order valence-electron chi connectivity index (χ3n) is 5.31. The van der Waals surface area contributed by atoms with Crippen LogP contribution in [0.4, 0.5) is 0 Å². The molecule has 14 nitrogen and oxygen atoms in total. The normalized spacial score (nSPS) is 11.5. The molecule has 14 heteroatoms. The van der Waals surface area contributed by atoms with E-state index in [0.717, 1.165) is 0 Å². The van der Waals surface area contributed by atoms with Crippen LogP contribution >= 0.6 is 0 Å². The number of hydrogen-bond donors (Lipinski definition) is 4. The molecule has 3 aromatic carbocycles. The van der Waals surface area contributed by atoms with Gasteiger partial charge < -0.3 is 49.3 Å². The highest BCUT2D eigenvalue weighted by molar-refractivity contribution is 5.91. The number of ether oxygens (including phenoxy) is 2. The van der Waals surface area contributed by atoms with Crippen LogP contribution in [-0.2, 0) is 19.4 Å². The second kappa shape index (κ2) is 16.4. The lowest BCUT2D eigenvalue weighted by molar-refractivity contribution is 0.0552. The lowest BCUT2D eigenvalue weighted by Gasteiger charge is -2.05. The van der Waals surface area contributed by atoms with Crippen LogP contribution < -0.4 is 9.47 Å². The molecule has 0 bridgehead atoms. The number of aromatic hydroxyl groups is 4. The molecule has 0 amide bonds. The van der Waals surface area contributed by atoms with Gasteiger partial charge in [-0.05, 0) is 36.4 Å². The number of oxime groups is 4. The average Bonchev–Trinajstić information content (AvgIpc) is 3.00. The van der Waals surface area contributed by atoms with Crippen LogP contribution in [0.15, 0.2) is 69.2 Å². The summed E-state index contributed by atoms with van der Waals surface area (Å²) in [4.78, 5) is 20.2. The third-order valence-corrected chi connectivity index (χ3v) is 5.31. The molecule has 3 aromatic rings. The largest absolute Gasteiger partial charge is 0.504 e. The first kappa shape index (κ1) is 30.9. The average molecular weight is 583 g/mol. The van der Waals surface area contributed by atoms with Gasteiger partial charge in [-0.3, -0.25) is 0 Å². The second-order valence-electron chi connectivity index (χ2n) is 8.01. The fourth-order valence-electron chi connectivity index (χ4n) is 3.17. The molecule has 0 aliphatic rings. The standard InChI is InChI=1S/C28H30N4O10/c1-37-23-7-3-5-19(25(23)33)15-29-39-11-13-41-31-17-21-9-10-22(28(36)27(21)35)18-32-42-14-12-40-30-16-20-6-4-8-24(38-2)26(20)34/h3-10,15-18,33-36H,11-14H2,1-2H3. The Kier molecular flexibility index (Phi) is 12.1. The Morgan fingerprint density at radius 2 is 0.786 bits per heavy atom. The lowest BCUT2D eigenvalue weighted by Crippen LogP contribution is -1.99. The van der Waals surface area contributed by atoms with Crippen molar-refractivity contribution >= 4 is 24.9 Å². The van der Waals surface area contributed by atoms with Crippen molar-refractivity contribution in [3.8, 4) is 34.5 Å². The fourth-order valence-corrected chi connectivity index (χ4v) is 3.17. The number of benzene rings is 3. The summed E-state index contributed by atoms with van der Waals surface area (Å²) in [6.45, 7) is 0.222. The zero-order valence-electron chi connectivity index (χ0n) is 22.8. The van der Waals surface area contributed by atoms with Gasteiger partial charge >= 0.3 is 0 Å². The van der Waals surface area contributed by atoms with Crippen LogP contribution in [0.2, 0.25) is 0 Å². The lowest BCUT2D eigenvalue weighted by atomic mass is 10.1. The van der Waals surface area contributed by atoms with Gasteiger partial charge in [0.05, 0.1) is 39.1 Å². The quantitative estimate of drug-likeness (QED) is 0.0845. The highest BCUT2D eigenvalue weighted by atomic mass is 16.7. The molecule has 0 aliphatic heterocycles. The fraction of sp³-hybridized carbons (Fsp3) is 0.214. The van der Waals surface area contributed by atoms with Gasteiger partial charge in [0.2, 0.25) is 0 Å². The van der Waals surface area contributed by atoms with Gasteiger partial charge in [0.15, 0.2) is 60.9 Å². The molecule has 0 heterocycles. The first-order valence-electron chi connectivity index (χ1n) is 12.3. The summed E-state index contributed by atoms with van der Waals surface area (Å²) < 4.78 is 10.0. The molecule has 222 valence electrons. The maximum absolute atomic E-state index is 10.2. The predicted molar refractivity (Wildman–Crippen MR) is 153 cm³/mol. The third kappa shape index (κ3) is 8.94. The SMILES string of the molecule is COc1cccc(C=NOCCON=Cc2ccc(C=NOCCON=Cc3cccc(OC)c3O)c(O)c2O)c1O. The molecule has 0 atom stereocenters. The maximum Gasteiger partial charge on any atom is 0.167 e. The summed E-state index contributed by atoms with van der Waals surface area (Å²) in [5, 5.41) is 55.4. The van der Waals surface area contributed by atoms with E-state index in [0.29, 0.717) is 22.6 Å². The highest BCUT2D eigenvalue weighted by Gasteiger charge is 2.10. The van der Waals surface area contributed by atoms with E-state index >= 15 is 0 Å². The van der Waals surface area contributed by atoms with Crippen LogP contribution in [0.25, 0.3) is 0 Å². The van der Waals surface area contributed by atoms with Crippen LogP contribution in [0.1, 0.15) is 22.3 Å². The van der Waals surface area contributed by atoms with E-state index in [1.807, 2.05) is 0 Å². The van der Waals surface area contributed by atoms with Gasteiger partial charge in [-0.25, -0.2) is 0 Å². The molecule has 0 saturated heterocycles. The van der Waals surface area contributed by atoms with Crippen molar-refractivity contribution in [2.75, 3.05) is 40.6 Å². The maximum atomic E-state index is 10.2. The van der Waals surface area contributed by atoms with Crippen LogP contribution in [-0.4, -0.2) is 85.9 Å². The Bertz CT molecular complexity index is 1320. The summed E-state index contributed by atoms with van der Waals surface area (Å²) in [6, 6.07) is 12.9. The van der Waals surface area contributed by atoms with E-state index in [1.54, 1.807) is 36.4 Å². The highest BCUT2D eigenvalue weighted by Crippen LogP contribution is 2.31. The zero-order chi connectivity index (χ0) is 30.2. The van der Waals surface area contributed by atoms with Gasteiger partial charge in [-0.1, -0.05) is 32.8 Å². The van der Waals surface area contributed by atoms with Crippen LogP contribution in [0, 0.1) is 0 Å². The molecule has 0 aromatic heterocycles. The number of rotatable bonds is 16. The minimum absolute atomic E-state index is 0.0469. The van der Waals surface area contributed by atoms with E-state index in [4.69, 9.17) is 28.8 Å². The number of phenolic OH excluding ortho intramolecular Hbond substituents is 4. The molecule has 0 unspecified atom stereocenters. The number of phenols is 4. The summed E-state index contributed by atoms with van der Waals surface area (Å²) >= 11 is 0. The van der Waals surface area contributed by atoms with Crippen molar-refractivity contribution in [2.24, 2.45) is 20.6 Å². The van der Waals surface area contributed by atoms with Crippen molar-refractivity contribution in [1.82, 2.24) is 0 Å². The Morgan fingerprint density at radius 1 is 0.476 bits per heavy atom. The summed E-state index contributed by atoms with van der Waals surface area (Å²) in [6.07, 6.45) is 5.09. The van der Waals surface area contributed by atoms with E-state index in [1.165, 1.54) is 51.2 Å². The molecule has 0 spiro atoms. The number of nitrogens with zero attached hydrogens (tertiary/aromatic N) is 4. The molecule has 0 aliphatic carbocycles. The number of para-hydroxylation sites is 2. The van der Waals surface area contributed by atoms with Crippen molar-refractivity contribution < 1.29 is 49.3 Å². The molecule has 0 saturated carbocycles. The Hall–Kier alpha value is -5.66. The summed E-state index contributed by atoms with van der Waals surface area (Å²) in [7, 11) is 2.89. The molecule has 42 heavy (non-hydrogen) atoms. The van der Waals surface area contributed by atoms with Crippen LogP contribution in [0.3, 0.4) is 0 Å². The molecule has 0 radical (unpaired) electrons. The first-order valence-corrected chi connectivity index (χ1v) is 12.3. The Balaban J connectivity index is 1.36. The van der Waals surface area contributed by atoms with Gasteiger partial charge in [0, 0.05) is 22.3 Å². The molecule has 4 N–H and O–H groups in total. The van der Waals surface area contributed by atoms with Gasteiger partial charge in [0.25, 0.3) is 0 Å². The van der Waals surface area contributed by atoms with Gasteiger partial charge in [-0.2, -0.15) is 0 Å². The molecular weight excluding hydrogens is 552 g/mol. The molecular formula is C28H30N4O10. The minimum Gasteiger partial charge on any atom is -0.504 e. The predicted octanol–water partition coefficient (Wildman–Crippen LogP) is 3.33. The van der Waals surface area contributed by atoms with Gasteiger partial charge in [0.1, 0.15) is 0 Å². The summed E-state index contributed by atoms with van der Waals surface area (Å²) in [5.41, 5.74) is 1.25. The zero-order valence-corrected chi connectivity index (χ0v) is 22.8. The number of hydrogen-bond acceptors (Lipinski definition) is 14. The van der Waals surface area contributed by atoms with Crippen molar-refractivity contribution in [3.05, 3.63) is 70.8 Å². The van der Waals surface area contributed by atoms with E-state index < -0.39 is 11.5 Å². The van der Waals surface area contributed by atoms with Gasteiger partial charge in [-0.15, -0.1) is 0 Å². The Labute approximate surface area is 240 Å². The minimum atomic E-state index is -0.427.